The minimum Gasteiger partial charge on any atom is -0.305 e. The number of sulfone groups is 1. The number of aryl methyl sites for hydroxylation is 2. The van der Waals surface area contributed by atoms with Crippen LogP contribution in [0.25, 0.3) is 0 Å². The van der Waals surface area contributed by atoms with Crippen molar-refractivity contribution >= 4 is 44.0 Å². The van der Waals surface area contributed by atoms with Gasteiger partial charge >= 0.3 is 0 Å². The van der Waals surface area contributed by atoms with E-state index in [2.05, 4.69) is 25.7 Å². The molecule has 1 N–H and O–H groups in total. The second kappa shape index (κ2) is 9.88. The lowest BCUT2D eigenvalue weighted by Crippen LogP contribution is -2.23. The Morgan fingerprint density at radius 2 is 1.87 bits per heavy atom. The van der Waals surface area contributed by atoms with E-state index in [0.29, 0.717) is 22.7 Å². The molecule has 3 aromatic rings. The van der Waals surface area contributed by atoms with Crippen molar-refractivity contribution in [1.82, 2.24) is 25.0 Å². The van der Waals surface area contributed by atoms with Crippen LogP contribution in [0.5, 0.6) is 0 Å². The van der Waals surface area contributed by atoms with E-state index in [0.717, 1.165) is 17.0 Å². The second-order valence-corrected chi connectivity index (χ2v) is 11.2. The minimum atomic E-state index is -3.56. The first-order valence-corrected chi connectivity index (χ1v) is 13.1. The molecule has 166 valence electrons. The number of carbonyl (C=O) groups excluding carboxylic acids is 1. The molecular weight excluding hydrogens is 456 g/mol. The van der Waals surface area contributed by atoms with Gasteiger partial charge in [0.25, 0.3) is 0 Å². The Balaban J connectivity index is 1.71. The smallest absolute Gasteiger partial charge is 0.239 e. The fourth-order valence-corrected chi connectivity index (χ4v) is 5.58. The first kappa shape index (κ1) is 23.4. The van der Waals surface area contributed by atoms with Crippen LogP contribution in [-0.4, -0.2) is 44.5 Å². The molecule has 1 unspecified atom stereocenters. The average Bonchev–Trinajstić information content (AvgIpc) is 3.34. The van der Waals surface area contributed by atoms with Gasteiger partial charge in [0.2, 0.25) is 11.0 Å². The summed E-state index contributed by atoms with van der Waals surface area (Å²) in [6, 6.07) is 6.72. The van der Waals surface area contributed by atoms with Gasteiger partial charge < -0.3 is 4.57 Å². The van der Waals surface area contributed by atoms with Crippen molar-refractivity contribution in [3.05, 3.63) is 40.7 Å². The number of hydrogen-bond donors (Lipinski definition) is 1. The molecule has 9 nitrogen and oxygen atoms in total. The van der Waals surface area contributed by atoms with Gasteiger partial charge in [-0.1, -0.05) is 47.7 Å². The number of amides is 1. The van der Waals surface area contributed by atoms with E-state index >= 15 is 0 Å². The summed E-state index contributed by atoms with van der Waals surface area (Å²) in [4.78, 5) is 12.8. The monoisotopic (exact) mass is 480 g/mol. The van der Waals surface area contributed by atoms with Gasteiger partial charge in [-0.2, -0.15) is 0 Å². The van der Waals surface area contributed by atoms with Gasteiger partial charge in [-0.15, -0.1) is 20.4 Å². The second-order valence-electron chi connectivity index (χ2n) is 6.82. The third kappa shape index (κ3) is 5.69. The van der Waals surface area contributed by atoms with Gasteiger partial charge in [-0.3, -0.25) is 10.1 Å². The van der Waals surface area contributed by atoms with Crippen LogP contribution in [0, 0.1) is 6.92 Å². The van der Waals surface area contributed by atoms with Crippen LogP contribution >= 0.6 is 23.1 Å². The first-order chi connectivity index (χ1) is 14.7. The number of carbonyl (C=O) groups is 1. The Bertz CT molecular complexity index is 1160. The summed E-state index contributed by atoms with van der Waals surface area (Å²) in [5, 5.41) is 20.2. The summed E-state index contributed by atoms with van der Waals surface area (Å²) in [5.41, 5.74) is 0.987. The van der Waals surface area contributed by atoms with Crippen LogP contribution in [0.3, 0.4) is 0 Å². The Labute approximate surface area is 189 Å². The molecule has 0 saturated carbocycles. The molecule has 12 heteroatoms. The zero-order valence-corrected chi connectivity index (χ0v) is 20.1. The fourth-order valence-electron chi connectivity index (χ4n) is 2.70. The number of nitrogens with zero attached hydrogens (tertiary/aromatic N) is 5. The lowest BCUT2D eigenvalue weighted by molar-refractivity contribution is -0.115. The lowest BCUT2D eigenvalue weighted by Gasteiger charge is -2.11. The highest BCUT2D eigenvalue weighted by Crippen LogP contribution is 2.26. The normalized spacial score (nSPS) is 12.6. The molecule has 3 rings (SSSR count). The topological polar surface area (TPSA) is 120 Å². The highest BCUT2D eigenvalue weighted by molar-refractivity contribution is 8.00. The van der Waals surface area contributed by atoms with Gasteiger partial charge in [-0.25, -0.2) is 8.42 Å². The van der Waals surface area contributed by atoms with E-state index in [1.165, 1.54) is 23.1 Å². The molecule has 0 radical (unpaired) electrons. The summed E-state index contributed by atoms with van der Waals surface area (Å²) in [6.45, 7) is 7.99. The first-order valence-electron chi connectivity index (χ1n) is 9.74. The van der Waals surface area contributed by atoms with E-state index in [4.69, 9.17) is 0 Å². The summed E-state index contributed by atoms with van der Waals surface area (Å²) in [5.74, 6) is -0.152. The minimum absolute atomic E-state index is 0.233. The van der Waals surface area contributed by atoms with E-state index < -0.39 is 15.1 Å². The summed E-state index contributed by atoms with van der Waals surface area (Å²) >= 11 is 2.56. The number of rotatable bonds is 9. The standard InChI is InChI=1S/C19H24N6O3S3/c1-5-16-22-23-18(30-16)20-17(26)13(4)29-19-24-21-15(25(19)6-2)11-31(27,28)14-9-7-12(3)8-10-14/h7-10,13H,5-6,11H2,1-4H3,(H,20,23,26). The molecule has 2 heterocycles. The molecule has 31 heavy (non-hydrogen) atoms. The van der Waals surface area contributed by atoms with Crippen molar-refractivity contribution in [2.45, 2.75) is 61.7 Å². The molecule has 0 aliphatic heterocycles. The number of nitrogens with one attached hydrogen (secondary N) is 1. The number of anilines is 1. The third-order valence-corrected chi connectivity index (χ3v) is 8.15. The Morgan fingerprint density at radius 3 is 2.48 bits per heavy atom. The summed E-state index contributed by atoms with van der Waals surface area (Å²) in [7, 11) is -3.56. The predicted octanol–water partition coefficient (Wildman–Crippen LogP) is 3.11. The molecule has 2 aromatic heterocycles. The summed E-state index contributed by atoms with van der Waals surface area (Å²) in [6.07, 6.45) is 0.756. The van der Waals surface area contributed by atoms with Crippen LogP contribution in [-0.2, 0) is 33.4 Å². The Hall–Kier alpha value is -2.31. The van der Waals surface area contributed by atoms with Crippen molar-refractivity contribution in [3.63, 3.8) is 0 Å². The predicted molar refractivity (Wildman–Crippen MR) is 121 cm³/mol. The maximum absolute atomic E-state index is 12.8. The van der Waals surface area contributed by atoms with Crippen LogP contribution in [0.15, 0.2) is 34.3 Å². The molecule has 0 aliphatic carbocycles. The van der Waals surface area contributed by atoms with E-state index in [1.54, 1.807) is 35.8 Å². The highest BCUT2D eigenvalue weighted by Gasteiger charge is 2.24. The van der Waals surface area contributed by atoms with Gasteiger partial charge in [0.1, 0.15) is 16.6 Å². The Kier molecular flexibility index (Phi) is 7.44. The number of aromatic nitrogens is 5. The lowest BCUT2D eigenvalue weighted by atomic mass is 10.2. The van der Waals surface area contributed by atoms with Crippen LogP contribution < -0.4 is 5.32 Å². The molecule has 0 saturated heterocycles. The van der Waals surface area contributed by atoms with E-state index in [-0.39, 0.29) is 16.6 Å². The van der Waals surface area contributed by atoms with Gasteiger partial charge in [0.15, 0.2) is 15.0 Å². The number of thioether (sulfide) groups is 1. The summed E-state index contributed by atoms with van der Waals surface area (Å²) < 4.78 is 27.3. The van der Waals surface area contributed by atoms with Crippen LogP contribution in [0.1, 0.15) is 37.2 Å². The maximum atomic E-state index is 12.8. The van der Waals surface area contributed by atoms with Gasteiger partial charge in [0, 0.05) is 6.54 Å². The molecule has 0 fully saturated rings. The van der Waals surface area contributed by atoms with Crippen LogP contribution in [0.4, 0.5) is 5.13 Å². The molecule has 1 aromatic carbocycles. The molecule has 0 spiro atoms. The van der Waals surface area contributed by atoms with Crippen molar-refractivity contribution in [3.8, 4) is 0 Å². The molecule has 1 atom stereocenters. The van der Waals surface area contributed by atoms with Crippen molar-refractivity contribution in [2.24, 2.45) is 0 Å². The van der Waals surface area contributed by atoms with E-state index in [1.807, 2.05) is 20.8 Å². The average molecular weight is 481 g/mol. The van der Waals surface area contributed by atoms with E-state index in [9.17, 15) is 13.2 Å². The zero-order valence-electron chi connectivity index (χ0n) is 17.7. The maximum Gasteiger partial charge on any atom is 0.239 e. The van der Waals surface area contributed by atoms with Crippen molar-refractivity contribution < 1.29 is 13.2 Å². The molecular formula is C19H24N6O3S3. The third-order valence-electron chi connectivity index (χ3n) is 4.46. The molecule has 1 amide bonds. The largest absolute Gasteiger partial charge is 0.305 e. The van der Waals surface area contributed by atoms with Crippen molar-refractivity contribution in [2.75, 3.05) is 5.32 Å². The highest BCUT2D eigenvalue weighted by atomic mass is 32.2. The fraction of sp³-hybridized carbons (Fsp3) is 0.421. The number of hydrogen-bond acceptors (Lipinski definition) is 9. The Morgan fingerprint density at radius 1 is 1.16 bits per heavy atom. The molecule has 0 aliphatic rings. The van der Waals surface area contributed by atoms with Gasteiger partial charge in [-0.05, 0) is 39.3 Å². The zero-order chi connectivity index (χ0) is 22.6. The quantitative estimate of drug-likeness (QED) is 0.464. The molecule has 0 bridgehead atoms. The number of benzene rings is 1. The SMILES string of the molecule is CCc1nnc(NC(=O)C(C)Sc2nnc(CS(=O)(=O)c3ccc(C)cc3)n2CC)s1. The van der Waals surface area contributed by atoms with Crippen molar-refractivity contribution in [1.29, 1.82) is 0 Å². The van der Waals surface area contributed by atoms with Gasteiger partial charge in [0.05, 0.1) is 10.1 Å². The van der Waals surface area contributed by atoms with Crippen LogP contribution in [0.2, 0.25) is 0 Å².